The summed E-state index contributed by atoms with van der Waals surface area (Å²) in [5, 5.41) is 0. The predicted octanol–water partition coefficient (Wildman–Crippen LogP) is 0.719. The van der Waals surface area contributed by atoms with Gasteiger partial charge >= 0.3 is 5.97 Å². The van der Waals surface area contributed by atoms with Crippen LogP contribution in [0.1, 0.15) is 39.0 Å². The van der Waals surface area contributed by atoms with Gasteiger partial charge in [0, 0.05) is 19.0 Å². The number of hydrogen-bond acceptors (Lipinski definition) is 5. The summed E-state index contributed by atoms with van der Waals surface area (Å²) in [5.74, 6) is -0.127. The molecule has 0 aliphatic heterocycles. The van der Waals surface area contributed by atoms with E-state index in [2.05, 4.69) is 4.74 Å². The number of sulfonamides is 1. The first kappa shape index (κ1) is 17.4. The van der Waals surface area contributed by atoms with Crippen LogP contribution < -0.4 is 5.73 Å². The van der Waals surface area contributed by atoms with Crippen LogP contribution in [0.3, 0.4) is 0 Å². The first-order valence-corrected chi connectivity index (χ1v) is 8.83. The molecule has 0 radical (unpaired) electrons. The Hall–Kier alpha value is -0.660. The Labute approximate surface area is 121 Å². The van der Waals surface area contributed by atoms with Crippen molar-refractivity contribution < 1.29 is 17.9 Å². The van der Waals surface area contributed by atoms with Crippen molar-refractivity contribution >= 4 is 16.0 Å². The Morgan fingerprint density at radius 3 is 2.65 bits per heavy atom. The van der Waals surface area contributed by atoms with Gasteiger partial charge < -0.3 is 10.5 Å². The van der Waals surface area contributed by atoms with Crippen molar-refractivity contribution in [1.82, 2.24) is 4.31 Å². The third-order valence-electron chi connectivity index (χ3n) is 3.97. The second-order valence-corrected chi connectivity index (χ2v) is 7.23. The van der Waals surface area contributed by atoms with Crippen LogP contribution in [0.5, 0.6) is 0 Å². The Bertz CT molecular complexity index is 411. The minimum absolute atomic E-state index is 0.0102. The van der Waals surface area contributed by atoms with Gasteiger partial charge in [-0.3, -0.25) is 4.79 Å². The van der Waals surface area contributed by atoms with E-state index in [-0.39, 0.29) is 30.1 Å². The van der Waals surface area contributed by atoms with Gasteiger partial charge in [-0.25, -0.2) is 8.42 Å². The Morgan fingerprint density at radius 2 is 2.10 bits per heavy atom. The maximum Gasteiger partial charge on any atom is 0.305 e. The average Bonchev–Trinajstić information content (AvgIpc) is 2.86. The lowest BCUT2D eigenvalue weighted by Crippen LogP contribution is -2.45. The summed E-state index contributed by atoms with van der Waals surface area (Å²) < 4.78 is 30.9. The summed E-state index contributed by atoms with van der Waals surface area (Å²) >= 11 is 0. The number of nitrogens with zero attached hydrogens (tertiary/aromatic N) is 1. The van der Waals surface area contributed by atoms with E-state index in [0.29, 0.717) is 19.5 Å². The van der Waals surface area contributed by atoms with Crippen LogP contribution in [0, 0.1) is 5.92 Å². The maximum absolute atomic E-state index is 12.4. The fourth-order valence-electron chi connectivity index (χ4n) is 2.93. The molecule has 0 aromatic carbocycles. The number of hydrogen-bond donors (Lipinski definition) is 1. The van der Waals surface area contributed by atoms with Gasteiger partial charge in [0.15, 0.2) is 0 Å². The van der Waals surface area contributed by atoms with Crippen LogP contribution in [-0.4, -0.2) is 50.7 Å². The highest BCUT2D eigenvalue weighted by molar-refractivity contribution is 7.89. The molecule has 0 spiro atoms. The summed E-state index contributed by atoms with van der Waals surface area (Å²) in [6.07, 6.45) is 3.34. The Kier molecular flexibility index (Phi) is 6.91. The molecular weight excluding hydrogens is 280 g/mol. The molecule has 7 heteroatoms. The number of esters is 1. The molecule has 0 aromatic rings. The molecule has 2 atom stereocenters. The molecule has 1 aliphatic rings. The van der Waals surface area contributed by atoms with Gasteiger partial charge in [0.25, 0.3) is 0 Å². The highest BCUT2D eigenvalue weighted by Gasteiger charge is 2.36. The summed E-state index contributed by atoms with van der Waals surface area (Å²) in [5.41, 5.74) is 5.74. The molecule has 2 N–H and O–H groups in total. The van der Waals surface area contributed by atoms with Gasteiger partial charge in [-0.15, -0.1) is 0 Å². The molecule has 1 fully saturated rings. The molecule has 1 aliphatic carbocycles. The SMILES string of the molecule is CCN(C1CCCC1CN)S(=O)(=O)CCCC(=O)OC. The van der Waals surface area contributed by atoms with Gasteiger partial charge in [-0.1, -0.05) is 13.3 Å². The predicted molar refractivity (Wildman–Crippen MR) is 77.6 cm³/mol. The van der Waals surface area contributed by atoms with Gasteiger partial charge in [0.05, 0.1) is 12.9 Å². The van der Waals surface area contributed by atoms with E-state index in [1.165, 1.54) is 7.11 Å². The van der Waals surface area contributed by atoms with Crippen molar-refractivity contribution in [3.63, 3.8) is 0 Å². The molecule has 118 valence electrons. The summed E-state index contributed by atoms with van der Waals surface area (Å²) in [7, 11) is -2.03. The number of nitrogens with two attached hydrogens (primary N) is 1. The molecule has 1 saturated carbocycles. The summed E-state index contributed by atoms with van der Waals surface area (Å²) in [6, 6.07) is 0.0214. The van der Waals surface area contributed by atoms with E-state index in [1.54, 1.807) is 4.31 Å². The second kappa shape index (κ2) is 7.95. The third kappa shape index (κ3) is 4.43. The minimum Gasteiger partial charge on any atom is -0.469 e. The van der Waals surface area contributed by atoms with Crippen LogP contribution in [0.4, 0.5) is 0 Å². The Balaban J connectivity index is 2.64. The normalized spacial score (nSPS) is 23.2. The molecule has 20 heavy (non-hydrogen) atoms. The fraction of sp³-hybridized carbons (Fsp3) is 0.923. The van der Waals surface area contributed by atoms with Gasteiger partial charge in [-0.2, -0.15) is 4.31 Å². The maximum atomic E-state index is 12.4. The van der Waals surface area contributed by atoms with E-state index in [9.17, 15) is 13.2 Å². The third-order valence-corrected chi connectivity index (χ3v) is 6.02. The summed E-state index contributed by atoms with van der Waals surface area (Å²) in [6.45, 7) is 2.84. The van der Waals surface area contributed by atoms with E-state index in [0.717, 1.165) is 19.3 Å². The lowest BCUT2D eigenvalue weighted by Gasteiger charge is -2.30. The molecular formula is C13H26N2O4S. The highest BCUT2D eigenvalue weighted by atomic mass is 32.2. The molecule has 0 aromatic heterocycles. The first-order chi connectivity index (χ1) is 9.46. The molecule has 0 bridgehead atoms. The van der Waals surface area contributed by atoms with Gasteiger partial charge in [0.2, 0.25) is 10.0 Å². The largest absolute Gasteiger partial charge is 0.469 e. The highest BCUT2D eigenvalue weighted by Crippen LogP contribution is 2.31. The van der Waals surface area contributed by atoms with E-state index in [1.807, 2.05) is 6.92 Å². The number of rotatable bonds is 8. The fourth-order valence-corrected chi connectivity index (χ4v) is 4.75. The Morgan fingerprint density at radius 1 is 1.40 bits per heavy atom. The topological polar surface area (TPSA) is 89.7 Å². The molecule has 0 amide bonds. The van der Waals surface area contributed by atoms with E-state index < -0.39 is 10.0 Å². The second-order valence-electron chi connectivity index (χ2n) is 5.19. The standard InChI is InChI=1S/C13H26N2O4S/c1-3-15(12-7-4-6-11(12)10-14)20(17,18)9-5-8-13(16)19-2/h11-12H,3-10,14H2,1-2H3. The van der Waals surface area contributed by atoms with Crippen molar-refractivity contribution in [3.05, 3.63) is 0 Å². The lowest BCUT2D eigenvalue weighted by molar-refractivity contribution is -0.140. The smallest absolute Gasteiger partial charge is 0.305 e. The molecule has 0 heterocycles. The minimum atomic E-state index is -3.33. The summed E-state index contributed by atoms with van der Waals surface area (Å²) in [4.78, 5) is 11.0. The zero-order valence-electron chi connectivity index (χ0n) is 12.4. The van der Waals surface area contributed by atoms with Crippen LogP contribution in [0.2, 0.25) is 0 Å². The van der Waals surface area contributed by atoms with Crippen LogP contribution in [-0.2, 0) is 19.6 Å². The van der Waals surface area contributed by atoms with Gasteiger partial charge in [0.1, 0.15) is 0 Å². The van der Waals surface area contributed by atoms with Crippen molar-refractivity contribution in [2.75, 3.05) is 26.0 Å². The first-order valence-electron chi connectivity index (χ1n) is 7.22. The lowest BCUT2D eigenvalue weighted by atomic mass is 10.0. The van der Waals surface area contributed by atoms with Crippen molar-refractivity contribution in [2.45, 2.75) is 45.1 Å². The number of ether oxygens (including phenoxy) is 1. The molecule has 1 rings (SSSR count). The van der Waals surface area contributed by atoms with Crippen molar-refractivity contribution in [1.29, 1.82) is 0 Å². The number of carbonyl (C=O) groups is 1. The van der Waals surface area contributed by atoms with Crippen molar-refractivity contribution in [2.24, 2.45) is 11.7 Å². The van der Waals surface area contributed by atoms with Gasteiger partial charge in [-0.05, 0) is 31.7 Å². The van der Waals surface area contributed by atoms with E-state index >= 15 is 0 Å². The molecule has 0 saturated heterocycles. The molecule has 6 nitrogen and oxygen atoms in total. The number of carbonyl (C=O) groups excluding carboxylic acids is 1. The zero-order chi connectivity index (χ0) is 15.2. The molecule has 2 unspecified atom stereocenters. The van der Waals surface area contributed by atoms with Crippen molar-refractivity contribution in [3.8, 4) is 0 Å². The van der Waals surface area contributed by atoms with Crippen LogP contribution in [0.15, 0.2) is 0 Å². The quantitative estimate of drug-likeness (QED) is 0.667. The average molecular weight is 306 g/mol. The van der Waals surface area contributed by atoms with Crippen LogP contribution >= 0.6 is 0 Å². The van der Waals surface area contributed by atoms with E-state index in [4.69, 9.17) is 5.73 Å². The van der Waals surface area contributed by atoms with Crippen LogP contribution in [0.25, 0.3) is 0 Å². The zero-order valence-corrected chi connectivity index (χ0v) is 13.2. The monoisotopic (exact) mass is 306 g/mol. The number of methoxy groups -OCH3 is 1.